The first kappa shape index (κ1) is 19.7. The first-order valence-corrected chi connectivity index (χ1v) is 11.1. The lowest BCUT2D eigenvalue weighted by Crippen LogP contribution is -2.25. The summed E-state index contributed by atoms with van der Waals surface area (Å²) >= 11 is 0. The number of hydrogen-bond donors (Lipinski definition) is 1. The monoisotopic (exact) mass is 409 g/mol. The lowest BCUT2D eigenvalue weighted by atomic mass is 9.92. The fourth-order valence-corrected chi connectivity index (χ4v) is 4.85. The fraction of sp³-hybridized carbons (Fsp3) is 0.346. The van der Waals surface area contributed by atoms with Gasteiger partial charge in [-0.25, -0.2) is 9.97 Å². The molecule has 0 saturated carbocycles. The molecule has 0 bridgehead atoms. The summed E-state index contributed by atoms with van der Waals surface area (Å²) in [5, 5.41) is 12.7. The highest BCUT2D eigenvalue weighted by molar-refractivity contribution is 5.81. The molecule has 2 aliphatic rings. The fourth-order valence-electron chi connectivity index (χ4n) is 4.85. The molecule has 5 rings (SSSR count). The lowest BCUT2D eigenvalue weighted by molar-refractivity contribution is 0.409. The van der Waals surface area contributed by atoms with Gasteiger partial charge in [0.15, 0.2) is 0 Å². The molecule has 5 heteroatoms. The molecule has 3 aromatic rings. The van der Waals surface area contributed by atoms with Crippen molar-refractivity contribution in [1.29, 1.82) is 5.26 Å². The number of aromatic nitrogens is 2. The van der Waals surface area contributed by atoms with Crippen LogP contribution in [0.3, 0.4) is 0 Å². The standard InChI is InChI=1S/C26H27N5/c1-18-2-6-20(7-3-18)24-15-29-26(30-25(24)21-8-4-19(14-27)5-9-21)31-16-22-10-12-28-13-11-23(22)17-31/h2-9,15,22-23,28H,10-13,16-17H2,1H3. The van der Waals surface area contributed by atoms with Crippen LogP contribution in [0.1, 0.15) is 24.0 Å². The summed E-state index contributed by atoms with van der Waals surface area (Å²) in [6, 6.07) is 18.4. The quantitative estimate of drug-likeness (QED) is 0.693. The molecular weight excluding hydrogens is 382 g/mol. The molecule has 1 aromatic heterocycles. The van der Waals surface area contributed by atoms with Crippen molar-refractivity contribution in [2.24, 2.45) is 11.8 Å². The van der Waals surface area contributed by atoms with Crippen LogP contribution in [0.25, 0.3) is 22.4 Å². The van der Waals surface area contributed by atoms with Crippen molar-refractivity contribution in [2.45, 2.75) is 19.8 Å². The molecular formula is C26H27N5. The Hall–Kier alpha value is -3.23. The highest BCUT2D eigenvalue weighted by Crippen LogP contribution is 2.35. The van der Waals surface area contributed by atoms with Gasteiger partial charge >= 0.3 is 0 Å². The second kappa shape index (κ2) is 8.49. The van der Waals surface area contributed by atoms with E-state index in [2.05, 4.69) is 47.5 Å². The molecule has 0 amide bonds. The van der Waals surface area contributed by atoms with Gasteiger partial charge in [-0.1, -0.05) is 42.0 Å². The van der Waals surface area contributed by atoms with Crippen molar-refractivity contribution in [1.82, 2.24) is 15.3 Å². The minimum Gasteiger partial charge on any atom is -0.340 e. The predicted octanol–water partition coefficient (Wildman–Crippen LogP) is 4.43. The smallest absolute Gasteiger partial charge is 0.225 e. The largest absolute Gasteiger partial charge is 0.340 e. The van der Waals surface area contributed by atoms with Gasteiger partial charge in [0.25, 0.3) is 0 Å². The van der Waals surface area contributed by atoms with E-state index in [-0.39, 0.29) is 0 Å². The topological polar surface area (TPSA) is 64.8 Å². The third-order valence-corrected chi connectivity index (χ3v) is 6.67. The highest BCUT2D eigenvalue weighted by Gasteiger charge is 2.34. The van der Waals surface area contributed by atoms with Gasteiger partial charge in [0.1, 0.15) is 0 Å². The van der Waals surface area contributed by atoms with Gasteiger partial charge in [-0.15, -0.1) is 0 Å². The summed E-state index contributed by atoms with van der Waals surface area (Å²) in [4.78, 5) is 12.3. The summed E-state index contributed by atoms with van der Waals surface area (Å²) in [5.41, 5.74) is 5.94. The minimum absolute atomic E-state index is 0.656. The molecule has 2 unspecified atom stereocenters. The second-order valence-electron chi connectivity index (χ2n) is 8.74. The maximum Gasteiger partial charge on any atom is 0.225 e. The van der Waals surface area contributed by atoms with E-state index in [1.54, 1.807) is 0 Å². The molecule has 5 nitrogen and oxygen atoms in total. The van der Waals surface area contributed by atoms with Crippen LogP contribution in [-0.2, 0) is 0 Å². The van der Waals surface area contributed by atoms with Crippen LogP contribution in [-0.4, -0.2) is 36.1 Å². The summed E-state index contributed by atoms with van der Waals surface area (Å²) in [5.74, 6) is 2.25. The summed E-state index contributed by atoms with van der Waals surface area (Å²) in [6.45, 7) is 6.37. The number of nitrogens with one attached hydrogen (secondary N) is 1. The Morgan fingerprint density at radius 1 is 0.935 bits per heavy atom. The molecule has 2 aromatic carbocycles. The van der Waals surface area contributed by atoms with Gasteiger partial charge in [0.2, 0.25) is 5.95 Å². The molecule has 2 fully saturated rings. The Bertz CT molecular complexity index is 1080. The second-order valence-corrected chi connectivity index (χ2v) is 8.74. The minimum atomic E-state index is 0.656. The Balaban J connectivity index is 1.54. The average molecular weight is 410 g/mol. The Morgan fingerprint density at radius 2 is 1.58 bits per heavy atom. The van der Waals surface area contributed by atoms with E-state index in [9.17, 15) is 5.26 Å². The highest BCUT2D eigenvalue weighted by atomic mass is 15.3. The molecule has 2 saturated heterocycles. The maximum absolute atomic E-state index is 9.18. The molecule has 31 heavy (non-hydrogen) atoms. The first-order valence-electron chi connectivity index (χ1n) is 11.1. The molecule has 0 spiro atoms. The van der Waals surface area contributed by atoms with Crippen molar-refractivity contribution in [3.8, 4) is 28.5 Å². The Kier molecular flexibility index (Phi) is 5.40. The van der Waals surface area contributed by atoms with E-state index in [4.69, 9.17) is 9.97 Å². The average Bonchev–Trinajstić information content (AvgIpc) is 3.09. The normalized spacial score (nSPS) is 20.7. The van der Waals surface area contributed by atoms with E-state index in [1.807, 2.05) is 30.5 Å². The number of nitriles is 1. The van der Waals surface area contributed by atoms with Crippen LogP contribution in [0, 0.1) is 30.1 Å². The summed E-state index contributed by atoms with van der Waals surface area (Å²) in [6.07, 6.45) is 4.42. The number of rotatable bonds is 3. The predicted molar refractivity (Wildman–Crippen MR) is 124 cm³/mol. The molecule has 2 aliphatic heterocycles. The zero-order valence-electron chi connectivity index (χ0n) is 17.9. The van der Waals surface area contributed by atoms with Crippen LogP contribution in [0.15, 0.2) is 54.7 Å². The number of anilines is 1. The molecule has 0 radical (unpaired) electrons. The molecule has 3 heterocycles. The third kappa shape index (κ3) is 4.04. The number of benzene rings is 2. The van der Waals surface area contributed by atoms with Gasteiger partial charge in [-0.3, -0.25) is 0 Å². The van der Waals surface area contributed by atoms with Gasteiger partial charge < -0.3 is 10.2 Å². The number of hydrogen-bond acceptors (Lipinski definition) is 5. The Morgan fingerprint density at radius 3 is 2.23 bits per heavy atom. The molecule has 0 aliphatic carbocycles. The molecule has 156 valence electrons. The van der Waals surface area contributed by atoms with Crippen LogP contribution in [0.4, 0.5) is 5.95 Å². The SMILES string of the molecule is Cc1ccc(-c2cnc(N3CC4CCNCCC4C3)nc2-c2ccc(C#N)cc2)cc1. The van der Waals surface area contributed by atoms with Crippen molar-refractivity contribution in [3.63, 3.8) is 0 Å². The zero-order valence-corrected chi connectivity index (χ0v) is 17.9. The van der Waals surface area contributed by atoms with Gasteiger partial charge in [0.05, 0.1) is 17.3 Å². The van der Waals surface area contributed by atoms with Crippen molar-refractivity contribution >= 4 is 5.95 Å². The lowest BCUT2D eigenvalue weighted by Gasteiger charge is -2.19. The van der Waals surface area contributed by atoms with E-state index in [0.29, 0.717) is 17.4 Å². The Labute approximate surface area is 183 Å². The van der Waals surface area contributed by atoms with Crippen LogP contribution >= 0.6 is 0 Å². The first-order chi connectivity index (χ1) is 15.2. The van der Waals surface area contributed by atoms with Gasteiger partial charge in [-0.2, -0.15) is 5.26 Å². The summed E-state index contributed by atoms with van der Waals surface area (Å²) < 4.78 is 0. The van der Waals surface area contributed by atoms with E-state index >= 15 is 0 Å². The van der Waals surface area contributed by atoms with Crippen LogP contribution in [0.5, 0.6) is 0 Å². The van der Waals surface area contributed by atoms with E-state index in [1.165, 1.54) is 18.4 Å². The van der Waals surface area contributed by atoms with Crippen molar-refractivity contribution in [2.75, 3.05) is 31.1 Å². The zero-order chi connectivity index (χ0) is 21.2. The van der Waals surface area contributed by atoms with Crippen LogP contribution in [0.2, 0.25) is 0 Å². The summed E-state index contributed by atoms with van der Waals surface area (Å²) in [7, 11) is 0. The third-order valence-electron chi connectivity index (χ3n) is 6.67. The molecule has 1 N–H and O–H groups in total. The number of aryl methyl sites for hydroxylation is 1. The van der Waals surface area contributed by atoms with E-state index in [0.717, 1.165) is 54.5 Å². The molecule has 2 atom stereocenters. The number of fused-ring (bicyclic) bond motifs is 1. The van der Waals surface area contributed by atoms with Crippen LogP contribution < -0.4 is 10.2 Å². The number of nitrogens with zero attached hydrogens (tertiary/aromatic N) is 4. The van der Waals surface area contributed by atoms with Gasteiger partial charge in [-0.05, 0) is 62.4 Å². The van der Waals surface area contributed by atoms with Crippen molar-refractivity contribution in [3.05, 3.63) is 65.9 Å². The van der Waals surface area contributed by atoms with Crippen molar-refractivity contribution < 1.29 is 0 Å². The van der Waals surface area contributed by atoms with E-state index < -0.39 is 0 Å². The maximum atomic E-state index is 9.18. The van der Waals surface area contributed by atoms with Gasteiger partial charge in [0, 0.05) is 30.4 Å².